The molecule has 0 aliphatic carbocycles. The molecule has 1 atom stereocenters. The number of benzene rings is 2. The van der Waals surface area contributed by atoms with Crippen LogP contribution in [0.5, 0.6) is 11.5 Å². The maximum Gasteiger partial charge on any atom is 0.241 e. The van der Waals surface area contributed by atoms with Gasteiger partial charge in [-0.2, -0.15) is 0 Å². The van der Waals surface area contributed by atoms with E-state index in [1.54, 1.807) is 54.7 Å². The second-order valence-corrected chi connectivity index (χ2v) is 8.41. The molecule has 1 amide bonds. The minimum Gasteiger partial charge on any atom is -0.868 e. The topological polar surface area (TPSA) is 112 Å². The zero-order valence-electron chi connectivity index (χ0n) is 19.9. The van der Waals surface area contributed by atoms with E-state index < -0.39 is 23.5 Å². The lowest BCUT2D eigenvalue weighted by atomic mass is 9.94. The number of carbonyl (C=O) groups excluding carboxylic acids is 2. The lowest BCUT2D eigenvalue weighted by Gasteiger charge is -2.28. The van der Waals surface area contributed by atoms with E-state index in [1.165, 1.54) is 19.1 Å². The number of aryl methyl sites for hydroxylation is 1. The second kappa shape index (κ2) is 9.61. The third kappa shape index (κ3) is 3.98. The van der Waals surface area contributed by atoms with Gasteiger partial charge in [0.2, 0.25) is 18.0 Å². The summed E-state index contributed by atoms with van der Waals surface area (Å²) in [5.41, 5.74) is 0.803. The molecule has 4 aromatic rings. The molecule has 1 aliphatic rings. The molecule has 2 aromatic heterocycles. The van der Waals surface area contributed by atoms with Gasteiger partial charge < -0.3 is 23.9 Å². The molecule has 2 aromatic carbocycles. The summed E-state index contributed by atoms with van der Waals surface area (Å²) >= 11 is 0. The number of carbonyl (C=O) groups is 2. The van der Waals surface area contributed by atoms with Gasteiger partial charge in [0.25, 0.3) is 0 Å². The number of imidazole rings is 1. The van der Waals surface area contributed by atoms with Gasteiger partial charge in [0.15, 0.2) is 17.1 Å². The minimum atomic E-state index is -0.903. The predicted molar refractivity (Wildman–Crippen MR) is 127 cm³/mol. The van der Waals surface area contributed by atoms with Gasteiger partial charge in [0, 0.05) is 29.5 Å². The summed E-state index contributed by atoms with van der Waals surface area (Å²) in [5, 5.41) is 13.9. The second-order valence-electron chi connectivity index (χ2n) is 8.41. The molecule has 0 fully saturated rings. The van der Waals surface area contributed by atoms with Crippen LogP contribution >= 0.6 is 0 Å². The Morgan fingerprint density at radius 3 is 2.67 bits per heavy atom. The number of fused-ring (bicyclic) bond motifs is 1. The van der Waals surface area contributed by atoms with Crippen LogP contribution in [-0.2, 0) is 11.3 Å². The zero-order valence-corrected chi connectivity index (χ0v) is 19.9. The molecule has 1 N–H and O–H groups in total. The fourth-order valence-corrected chi connectivity index (χ4v) is 4.64. The van der Waals surface area contributed by atoms with E-state index in [-0.39, 0.29) is 17.9 Å². The summed E-state index contributed by atoms with van der Waals surface area (Å²) in [6.07, 6.45) is 6.07. The third-order valence-electron chi connectivity index (χ3n) is 6.33. The van der Waals surface area contributed by atoms with Crippen LogP contribution < -0.4 is 19.1 Å². The van der Waals surface area contributed by atoms with Crippen molar-refractivity contribution in [1.29, 1.82) is 0 Å². The third-order valence-corrected chi connectivity index (χ3v) is 6.33. The molecule has 0 saturated heterocycles. The van der Waals surface area contributed by atoms with E-state index in [0.717, 1.165) is 0 Å². The number of ketones is 1. The monoisotopic (exact) mass is 487 g/mol. The molecule has 0 saturated carbocycles. The summed E-state index contributed by atoms with van der Waals surface area (Å²) in [6, 6.07) is 13.0. The fourth-order valence-electron chi connectivity index (χ4n) is 4.64. The minimum absolute atomic E-state index is 0.0322. The quantitative estimate of drug-likeness (QED) is 0.287. The first-order chi connectivity index (χ1) is 17.5. The molecular formula is C27H25N3O6. The molecular weight excluding hydrogens is 462 g/mol. The van der Waals surface area contributed by atoms with Crippen LogP contribution in [0.2, 0.25) is 0 Å². The number of rotatable bonds is 9. The lowest BCUT2D eigenvalue weighted by Crippen LogP contribution is -2.37. The molecule has 5 rings (SSSR count). The highest BCUT2D eigenvalue weighted by molar-refractivity contribution is 6.16. The van der Waals surface area contributed by atoms with Crippen LogP contribution in [0.3, 0.4) is 0 Å². The van der Waals surface area contributed by atoms with Crippen molar-refractivity contribution in [2.75, 3.05) is 20.8 Å². The van der Waals surface area contributed by atoms with Crippen LogP contribution in [-0.4, -0.2) is 42.3 Å². The number of Topliss-reactive ketones (excluding diaryl/α,β-unsaturated/α-hetero) is 1. The normalized spacial score (nSPS) is 15.7. The number of ether oxygens (including phenoxy) is 2. The van der Waals surface area contributed by atoms with E-state index in [1.807, 2.05) is 17.1 Å². The lowest BCUT2D eigenvalue weighted by molar-refractivity contribution is -0.695. The van der Waals surface area contributed by atoms with E-state index in [0.29, 0.717) is 41.0 Å². The van der Waals surface area contributed by atoms with Gasteiger partial charge in [0.05, 0.1) is 26.8 Å². The van der Waals surface area contributed by atoms with E-state index in [4.69, 9.17) is 13.9 Å². The Kier molecular flexibility index (Phi) is 6.20. The van der Waals surface area contributed by atoms with Crippen LogP contribution in [0.1, 0.15) is 28.6 Å². The highest BCUT2D eigenvalue weighted by Gasteiger charge is 2.41. The Labute approximate surface area is 207 Å². The average Bonchev–Trinajstić information content (AvgIpc) is 3.63. The molecule has 9 nitrogen and oxygen atoms in total. The van der Waals surface area contributed by atoms with Crippen LogP contribution in [0.4, 0.5) is 0 Å². The number of aromatic amines is 1. The van der Waals surface area contributed by atoms with Gasteiger partial charge in [-0.25, -0.2) is 4.57 Å². The maximum absolute atomic E-state index is 13.7. The summed E-state index contributed by atoms with van der Waals surface area (Å²) in [7, 11) is 3.02. The van der Waals surface area contributed by atoms with Crippen molar-refractivity contribution in [3.05, 3.63) is 89.9 Å². The molecule has 1 aliphatic heterocycles. The first-order valence-electron chi connectivity index (χ1n) is 11.5. The number of hydrogen-bond acceptors (Lipinski definition) is 6. The van der Waals surface area contributed by atoms with Gasteiger partial charge in [-0.3, -0.25) is 14.6 Å². The number of methoxy groups -OCH3 is 2. The van der Waals surface area contributed by atoms with Gasteiger partial charge in [-0.15, -0.1) is 0 Å². The van der Waals surface area contributed by atoms with Gasteiger partial charge in [-0.1, -0.05) is 30.3 Å². The highest BCUT2D eigenvalue weighted by Crippen LogP contribution is 2.42. The number of aromatic nitrogens is 2. The van der Waals surface area contributed by atoms with Gasteiger partial charge in [0.1, 0.15) is 18.1 Å². The van der Waals surface area contributed by atoms with E-state index in [9.17, 15) is 14.7 Å². The molecule has 9 heteroatoms. The van der Waals surface area contributed by atoms with E-state index in [2.05, 4.69) is 4.98 Å². The van der Waals surface area contributed by atoms with Gasteiger partial charge >= 0.3 is 0 Å². The molecule has 0 spiro atoms. The van der Waals surface area contributed by atoms with Crippen molar-refractivity contribution in [1.82, 2.24) is 9.88 Å². The van der Waals surface area contributed by atoms with E-state index >= 15 is 0 Å². The number of para-hydroxylation sites is 2. The Balaban J connectivity index is 1.54. The van der Waals surface area contributed by atoms with Crippen LogP contribution in [0, 0.1) is 0 Å². The predicted octanol–water partition coefficient (Wildman–Crippen LogP) is 2.54. The molecule has 3 heterocycles. The standard InChI is InChI=1S/C27H25N3O6/c1-34-19-9-4-3-8-18(19)23-22(24(31)21-15-17-7-5-10-20(35-2)26(17)36-21)25(32)27(33)30(23)13-6-12-29-14-11-28-16-29/h3-5,7-11,14-16,23H,6,12-13H2,1-2H3,(H,31,32). The first kappa shape index (κ1) is 23.2. The van der Waals surface area contributed by atoms with Gasteiger partial charge in [-0.05, 0) is 24.0 Å². The number of nitrogens with zero attached hydrogens (tertiary/aromatic N) is 2. The van der Waals surface area contributed by atoms with Crippen LogP contribution in [0.15, 0.2) is 83.0 Å². The summed E-state index contributed by atoms with van der Waals surface area (Å²) in [5.74, 6) is -1.28. The largest absolute Gasteiger partial charge is 0.868 e. The molecule has 0 radical (unpaired) electrons. The average molecular weight is 488 g/mol. The van der Waals surface area contributed by atoms with Crippen molar-refractivity contribution in [3.8, 4) is 11.5 Å². The summed E-state index contributed by atoms with van der Waals surface area (Å²) in [4.78, 5) is 31.4. The van der Waals surface area contributed by atoms with Crippen molar-refractivity contribution >= 4 is 22.7 Å². The number of H-pyrrole nitrogens is 1. The highest BCUT2D eigenvalue weighted by atomic mass is 16.5. The Hall–Kier alpha value is -4.53. The van der Waals surface area contributed by atoms with Crippen LogP contribution in [0.25, 0.3) is 11.0 Å². The SMILES string of the molecule is COc1ccccc1C1C(C(=O)c2cc3cccc(OC)c3o2)=C([O-])C(=O)N1CCC[n+]1cc[nH]c1. The number of nitrogens with one attached hydrogen (secondary N) is 1. The first-order valence-corrected chi connectivity index (χ1v) is 11.5. The fraction of sp³-hybridized carbons (Fsp3) is 0.222. The molecule has 1 unspecified atom stereocenters. The van der Waals surface area contributed by atoms with Crippen molar-refractivity contribution in [2.45, 2.75) is 19.0 Å². The zero-order chi connectivity index (χ0) is 25.2. The smallest absolute Gasteiger partial charge is 0.241 e. The van der Waals surface area contributed by atoms with Crippen molar-refractivity contribution in [2.24, 2.45) is 0 Å². The summed E-state index contributed by atoms with van der Waals surface area (Å²) < 4.78 is 18.6. The molecule has 0 bridgehead atoms. The molecule has 36 heavy (non-hydrogen) atoms. The summed E-state index contributed by atoms with van der Waals surface area (Å²) in [6.45, 7) is 0.906. The Morgan fingerprint density at radius 1 is 1.14 bits per heavy atom. The Bertz CT molecular complexity index is 1450. The maximum atomic E-state index is 13.7. The number of amides is 1. The van der Waals surface area contributed by atoms with Crippen molar-refractivity contribution in [3.63, 3.8) is 0 Å². The number of hydrogen-bond donors (Lipinski definition) is 1. The van der Waals surface area contributed by atoms with Crippen molar-refractivity contribution < 1.29 is 33.2 Å². The molecule has 184 valence electrons. The number of furan rings is 1. The Morgan fingerprint density at radius 2 is 1.92 bits per heavy atom.